The number of carbonyl (C=O) groups is 1. The van der Waals surface area contributed by atoms with E-state index in [0.29, 0.717) is 22.7 Å². The van der Waals surface area contributed by atoms with Crippen molar-refractivity contribution in [3.8, 4) is 17.0 Å². The van der Waals surface area contributed by atoms with Crippen molar-refractivity contribution in [2.75, 3.05) is 18.7 Å². The normalized spacial score (nSPS) is 13.9. The van der Waals surface area contributed by atoms with E-state index in [9.17, 15) is 9.18 Å². The molecule has 2 aromatic rings. The predicted molar refractivity (Wildman–Crippen MR) is 78.5 cm³/mol. The van der Waals surface area contributed by atoms with Crippen molar-refractivity contribution < 1.29 is 18.7 Å². The van der Waals surface area contributed by atoms with Gasteiger partial charge in [-0.05, 0) is 23.8 Å². The lowest BCUT2D eigenvalue weighted by molar-refractivity contribution is 0.167. The molecular formula is C15H12FN3O3. The topological polar surface area (TPSA) is 64.0 Å². The Morgan fingerprint density at radius 1 is 1.32 bits per heavy atom. The Hall–Kier alpha value is -2.96. The lowest BCUT2D eigenvalue weighted by atomic mass is 10.1. The lowest BCUT2D eigenvalue weighted by Gasteiger charge is -2.20. The van der Waals surface area contributed by atoms with Gasteiger partial charge in [0, 0.05) is 23.9 Å². The van der Waals surface area contributed by atoms with E-state index in [1.165, 1.54) is 25.6 Å². The molecule has 6 nitrogen and oxygen atoms in total. The highest BCUT2D eigenvalue weighted by Crippen LogP contribution is 2.29. The molecule has 112 valence electrons. The third kappa shape index (κ3) is 2.60. The number of cyclic esters (lactones) is 1. The summed E-state index contributed by atoms with van der Waals surface area (Å²) in [6.07, 6.45) is 2.33. The van der Waals surface area contributed by atoms with Crippen molar-refractivity contribution in [2.24, 2.45) is 5.10 Å². The van der Waals surface area contributed by atoms with E-state index in [-0.39, 0.29) is 6.61 Å². The van der Waals surface area contributed by atoms with Gasteiger partial charge in [-0.2, -0.15) is 10.1 Å². The van der Waals surface area contributed by atoms with Crippen LogP contribution in [0, 0.1) is 5.82 Å². The van der Waals surface area contributed by atoms with Crippen LogP contribution in [-0.4, -0.2) is 31.0 Å². The quantitative estimate of drug-likeness (QED) is 0.874. The minimum absolute atomic E-state index is 0.118. The molecule has 0 fully saturated rings. The maximum absolute atomic E-state index is 14.4. The number of aromatic nitrogens is 1. The largest absolute Gasteiger partial charge is 0.481 e. The van der Waals surface area contributed by atoms with Gasteiger partial charge < -0.3 is 9.47 Å². The first kappa shape index (κ1) is 14.0. The zero-order valence-corrected chi connectivity index (χ0v) is 11.7. The fraction of sp³-hybridized carbons (Fsp3) is 0.133. The number of carbonyl (C=O) groups excluding carboxylic acids is 1. The lowest BCUT2D eigenvalue weighted by Crippen LogP contribution is -2.31. The average molecular weight is 301 g/mol. The highest BCUT2D eigenvalue weighted by atomic mass is 19.1. The Morgan fingerprint density at radius 3 is 2.91 bits per heavy atom. The van der Waals surface area contributed by atoms with E-state index in [0.717, 1.165) is 5.01 Å². The van der Waals surface area contributed by atoms with Crippen molar-refractivity contribution in [1.82, 2.24) is 4.98 Å². The molecule has 22 heavy (non-hydrogen) atoms. The Kier molecular flexibility index (Phi) is 3.69. The molecule has 0 saturated heterocycles. The number of hydrogen-bond acceptors (Lipinski definition) is 5. The molecule has 0 saturated carbocycles. The molecule has 0 spiro atoms. The standard InChI is InChI=1S/C15H12FN3O3/c1-21-14-8-10(4-5-17-14)12-3-2-11(9-13(12)16)19-15(20)22-7-6-18-19/h2-6,8-9H,7H2,1H3. The van der Waals surface area contributed by atoms with Gasteiger partial charge in [0.2, 0.25) is 5.88 Å². The van der Waals surface area contributed by atoms with Crippen LogP contribution in [0.1, 0.15) is 0 Å². The number of hydrazone groups is 1. The molecule has 0 unspecified atom stereocenters. The molecule has 0 atom stereocenters. The number of rotatable bonds is 3. The number of hydrogen-bond donors (Lipinski definition) is 0. The van der Waals surface area contributed by atoms with Gasteiger partial charge in [0.05, 0.1) is 19.0 Å². The summed E-state index contributed by atoms with van der Waals surface area (Å²) in [7, 11) is 1.49. The number of ether oxygens (including phenoxy) is 2. The van der Waals surface area contributed by atoms with Crippen LogP contribution in [0.15, 0.2) is 41.6 Å². The SMILES string of the molecule is COc1cc(-c2ccc(N3N=CCOC3=O)cc2F)ccn1. The Morgan fingerprint density at radius 2 is 2.18 bits per heavy atom. The first-order valence-electron chi connectivity index (χ1n) is 6.48. The maximum atomic E-state index is 14.4. The molecule has 1 amide bonds. The van der Waals surface area contributed by atoms with Gasteiger partial charge >= 0.3 is 6.09 Å². The van der Waals surface area contributed by atoms with E-state index in [1.54, 1.807) is 24.3 Å². The van der Waals surface area contributed by atoms with Gasteiger partial charge in [0.1, 0.15) is 12.4 Å². The van der Waals surface area contributed by atoms with Gasteiger partial charge in [-0.15, -0.1) is 0 Å². The molecule has 0 N–H and O–H groups in total. The number of nitrogens with zero attached hydrogens (tertiary/aromatic N) is 3. The molecule has 1 aromatic heterocycles. The van der Waals surface area contributed by atoms with E-state index in [1.807, 2.05) is 0 Å². The summed E-state index contributed by atoms with van der Waals surface area (Å²) in [4.78, 5) is 15.6. The smallest absolute Gasteiger partial charge is 0.435 e. The van der Waals surface area contributed by atoms with E-state index >= 15 is 0 Å². The Labute approximate surface area is 125 Å². The van der Waals surface area contributed by atoms with Crippen LogP contribution in [0.25, 0.3) is 11.1 Å². The van der Waals surface area contributed by atoms with Gasteiger partial charge in [-0.1, -0.05) is 0 Å². The zero-order valence-electron chi connectivity index (χ0n) is 11.7. The molecule has 0 radical (unpaired) electrons. The predicted octanol–water partition coefficient (Wildman–Crippen LogP) is 2.84. The summed E-state index contributed by atoms with van der Waals surface area (Å²) in [6, 6.07) is 7.69. The highest BCUT2D eigenvalue weighted by Gasteiger charge is 2.20. The summed E-state index contributed by atoms with van der Waals surface area (Å²) in [5, 5.41) is 4.89. The van der Waals surface area contributed by atoms with E-state index < -0.39 is 11.9 Å². The Bertz CT molecular complexity index is 749. The molecule has 3 rings (SSSR count). The molecule has 1 aliphatic rings. The number of amides is 1. The van der Waals surface area contributed by atoms with Crippen LogP contribution >= 0.6 is 0 Å². The van der Waals surface area contributed by atoms with Crippen LogP contribution in [0.2, 0.25) is 0 Å². The molecule has 2 heterocycles. The number of halogens is 1. The van der Waals surface area contributed by atoms with Crippen LogP contribution in [0.5, 0.6) is 5.88 Å². The van der Waals surface area contributed by atoms with Crippen LogP contribution in [0.4, 0.5) is 14.9 Å². The third-order valence-electron chi connectivity index (χ3n) is 3.10. The zero-order chi connectivity index (χ0) is 15.5. The first-order valence-corrected chi connectivity index (χ1v) is 6.48. The summed E-state index contributed by atoms with van der Waals surface area (Å²) < 4.78 is 24.2. The molecule has 0 aliphatic carbocycles. The second kappa shape index (κ2) is 5.80. The summed E-state index contributed by atoms with van der Waals surface area (Å²) in [5.74, 6) is -0.0930. The van der Waals surface area contributed by atoms with Gasteiger partial charge in [-0.3, -0.25) is 0 Å². The van der Waals surface area contributed by atoms with Crippen molar-refractivity contribution in [1.29, 1.82) is 0 Å². The van der Waals surface area contributed by atoms with Gasteiger partial charge in [-0.25, -0.2) is 14.2 Å². The van der Waals surface area contributed by atoms with Crippen molar-refractivity contribution in [2.45, 2.75) is 0 Å². The first-order chi connectivity index (χ1) is 10.7. The van der Waals surface area contributed by atoms with Gasteiger partial charge in [0.25, 0.3) is 0 Å². The van der Waals surface area contributed by atoms with Gasteiger partial charge in [0.15, 0.2) is 0 Å². The van der Waals surface area contributed by atoms with E-state index in [4.69, 9.17) is 9.47 Å². The average Bonchev–Trinajstić information content (AvgIpc) is 2.55. The third-order valence-corrected chi connectivity index (χ3v) is 3.10. The molecule has 1 aromatic carbocycles. The number of methoxy groups -OCH3 is 1. The summed E-state index contributed by atoms with van der Waals surface area (Å²) >= 11 is 0. The second-order valence-electron chi connectivity index (χ2n) is 4.44. The summed E-state index contributed by atoms with van der Waals surface area (Å²) in [6.45, 7) is 0.118. The minimum atomic E-state index is -0.639. The second-order valence-corrected chi connectivity index (χ2v) is 4.44. The summed E-state index contributed by atoms with van der Waals surface area (Å²) in [5.41, 5.74) is 1.29. The monoisotopic (exact) mass is 301 g/mol. The van der Waals surface area contributed by atoms with Crippen molar-refractivity contribution >= 4 is 18.0 Å². The number of benzene rings is 1. The van der Waals surface area contributed by atoms with E-state index in [2.05, 4.69) is 10.1 Å². The van der Waals surface area contributed by atoms with Crippen molar-refractivity contribution in [3.05, 3.63) is 42.3 Å². The maximum Gasteiger partial charge on any atom is 0.435 e. The Balaban J connectivity index is 1.97. The highest BCUT2D eigenvalue weighted by molar-refractivity contribution is 5.91. The fourth-order valence-corrected chi connectivity index (χ4v) is 2.06. The van der Waals surface area contributed by atoms with Crippen LogP contribution in [-0.2, 0) is 4.74 Å². The minimum Gasteiger partial charge on any atom is -0.481 e. The van der Waals surface area contributed by atoms with Crippen molar-refractivity contribution in [3.63, 3.8) is 0 Å². The number of pyridine rings is 1. The number of anilines is 1. The molecular weight excluding hydrogens is 289 g/mol. The fourth-order valence-electron chi connectivity index (χ4n) is 2.06. The molecule has 1 aliphatic heterocycles. The van der Waals surface area contributed by atoms with Crippen LogP contribution < -0.4 is 9.75 Å². The molecule has 0 bridgehead atoms. The van der Waals surface area contributed by atoms with Crippen LogP contribution in [0.3, 0.4) is 0 Å². The molecule has 7 heteroatoms.